The molecule has 2 heterocycles. The highest BCUT2D eigenvalue weighted by Gasteiger charge is 2.25. The number of sulfonamides is 1. The Kier molecular flexibility index (Phi) is 7.02. The molecule has 32 heavy (non-hydrogen) atoms. The first-order valence-electron chi connectivity index (χ1n) is 10.3. The summed E-state index contributed by atoms with van der Waals surface area (Å²) in [7, 11) is -3.52. The van der Waals surface area contributed by atoms with Crippen LogP contribution >= 0.6 is 11.8 Å². The molecule has 0 N–H and O–H groups in total. The van der Waals surface area contributed by atoms with Gasteiger partial charge in [0.2, 0.25) is 15.9 Å². The SMILES string of the molecule is O=C(CSc1nnc(-c2ccc(S(=O)(=O)N3CCCCCC3)cc2)o1)c1ccc(F)cc1. The van der Waals surface area contributed by atoms with Gasteiger partial charge < -0.3 is 4.42 Å². The largest absolute Gasteiger partial charge is 0.411 e. The molecule has 0 radical (unpaired) electrons. The van der Waals surface area contributed by atoms with Crippen LogP contribution in [0.1, 0.15) is 36.0 Å². The summed E-state index contributed by atoms with van der Waals surface area (Å²) in [5, 5.41) is 8.14. The van der Waals surface area contributed by atoms with E-state index < -0.39 is 15.8 Å². The predicted octanol–water partition coefficient (Wildman–Crippen LogP) is 4.42. The lowest BCUT2D eigenvalue weighted by Gasteiger charge is -2.19. The minimum absolute atomic E-state index is 0.0697. The maximum absolute atomic E-state index is 13.0. The highest BCUT2D eigenvalue weighted by molar-refractivity contribution is 7.99. The molecule has 2 aromatic carbocycles. The number of thioether (sulfide) groups is 1. The van der Waals surface area contributed by atoms with Crippen molar-refractivity contribution in [2.45, 2.75) is 35.8 Å². The first-order chi connectivity index (χ1) is 15.4. The smallest absolute Gasteiger partial charge is 0.277 e. The summed E-state index contributed by atoms with van der Waals surface area (Å²) in [5.74, 6) is -0.278. The third-order valence-electron chi connectivity index (χ3n) is 5.20. The van der Waals surface area contributed by atoms with E-state index in [1.807, 2.05) is 0 Å². The lowest BCUT2D eigenvalue weighted by atomic mass is 10.1. The number of hydrogen-bond donors (Lipinski definition) is 0. The van der Waals surface area contributed by atoms with Crippen molar-refractivity contribution in [3.8, 4) is 11.5 Å². The van der Waals surface area contributed by atoms with Crippen molar-refractivity contribution in [1.82, 2.24) is 14.5 Å². The molecule has 1 saturated heterocycles. The molecule has 1 fully saturated rings. The first kappa shape index (κ1) is 22.6. The molecule has 0 atom stereocenters. The van der Waals surface area contributed by atoms with Crippen LogP contribution in [0.2, 0.25) is 0 Å². The average molecular weight is 476 g/mol. The first-order valence-corrected chi connectivity index (χ1v) is 12.7. The van der Waals surface area contributed by atoms with Gasteiger partial charge in [0, 0.05) is 24.2 Å². The highest BCUT2D eigenvalue weighted by atomic mass is 32.2. The number of Topliss-reactive ketones (excluding diaryl/α,β-unsaturated/α-hetero) is 1. The maximum atomic E-state index is 13.0. The van der Waals surface area contributed by atoms with Gasteiger partial charge in [-0.1, -0.05) is 24.6 Å². The summed E-state index contributed by atoms with van der Waals surface area (Å²) in [4.78, 5) is 12.4. The van der Waals surface area contributed by atoms with Crippen molar-refractivity contribution in [2.24, 2.45) is 0 Å². The predicted molar refractivity (Wildman–Crippen MR) is 118 cm³/mol. The van der Waals surface area contributed by atoms with E-state index in [0.717, 1.165) is 37.4 Å². The van der Waals surface area contributed by atoms with Crippen molar-refractivity contribution >= 4 is 27.6 Å². The number of hydrogen-bond acceptors (Lipinski definition) is 7. The molecule has 7 nitrogen and oxygen atoms in total. The second-order valence-electron chi connectivity index (χ2n) is 7.43. The molecule has 0 bridgehead atoms. The van der Waals surface area contributed by atoms with Gasteiger partial charge in [0.15, 0.2) is 5.78 Å². The zero-order valence-corrected chi connectivity index (χ0v) is 18.9. The van der Waals surface area contributed by atoms with Crippen molar-refractivity contribution in [2.75, 3.05) is 18.8 Å². The van der Waals surface area contributed by atoms with E-state index in [-0.39, 0.29) is 27.5 Å². The fourth-order valence-corrected chi connectivity index (χ4v) is 5.61. The number of halogens is 1. The van der Waals surface area contributed by atoms with E-state index >= 15 is 0 Å². The minimum atomic E-state index is -3.52. The van der Waals surface area contributed by atoms with Crippen LogP contribution in [0.5, 0.6) is 0 Å². The topological polar surface area (TPSA) is 93.4 Å². The number of rotatable bonds is 7. The van der Waals surface area contributed by atoms with Gasteiger partial charge in [0.1, 0.15) is 5.82 Å². The maximum Gasteiger partial charge on any atom is 0.277 e. The van der Waals surface area contributed by atoms with Crippen LogP contribution in [-0.4, -0.2) is 47.5 Å². The monoisotopic (exact) mass is 475 g/mol. The molecular weight excluding hydrogens is 453 g/mol. The van der Waals surface area contributed by atoms with E-state index in [2.05, 4.69) is 10.2 Å². The molecular formula is C22H22FN3O4S2. The number of aromatic nitrogens is 2. The second kappa shape index (κ2) is 9.93. The van der Waals surface area contributed by atoms with E-state index in [0.29, 0.717) is 24.2 Å². The van der Waals surface area contributed by atoms with Gasteiger partial charge in [-0.05, 0) is 61.4 Å². The Morgan fingerprint density at radius 3 is 2.28 bits per heavy atom. The van der Waals surface area contributed by atoms with Crippen molar-refractivity contribution in [3.05, 3.63) is 59.9 Å². The van der Waals surface area contributed by atoms with Crippen LogP contribution in [0.25, 0.3) is 11.5 Å². The standard InChI is InChI=1S/C22H22FN3O4S2/c23-18-9-5-16(6-10-18)20(27)15-31-22-25-24-21(30-22)17-7-11-19(12-8-17)32(28,29)26-13-3-1-2-4-14-26/h5-12H,1-4,13-15H2. The van der Waals surface area contributed by atoms with Gasteiger partial charge in [0.25, 0.3) is 5.22 Å². The Labute approximate surface area is 190 Å². The Bertz CT molecular complexity index is 1170. The molecule has 1 aliphatic heterocycles. The van der Waals surface area contributed by atoms with Crippen LogP contribution in [0, 0.1) is 5.82 Å². The Balaban J connectivity index is 1.40. The molecule has 0 unspecified atom stereocenters. The van der Waals surface area contributed by atoms with Gasteiger partial charge >= 0.3 is 0 Å². The Morgan fingerprint density at radius 2 is 1.62 bits per heavy atom. The summed E-state index contributed by atoms with van der Waals surface area (Å²) in [6, 6.07) is 11.7. The summed E-state index contributed by atoms with van der Waals surface area (Å²) >= 11 is 1.09. The van der Waals surface area contributed by atoms with Crippen LogP contribution in [0.3, 0.4) is 0 Å². The van der Waals surface area contributed by atoms with Crippen molar-refractivity contribution in [1.29, 1.82) is 0 Å². The second-order valence-corrected chi connectivity index (χ2v) is 10.3. The summed E-state index contributed by atoms with van der Waals surface area (Å²) in [6.45, 7) is 1.09. The van der Waals surface area contributed by atoms with Crippen molar-refractivity contribution in [3.63, 3.8) is 0 Å². The fourth-order valence-electron chi connectivity index (χ4n) is 3.43. The number of carbonyl (C=O) groups excluding carboxylic acids is 1. The molecule has 10 heteroatoms. The summed E-state index contributed by atoms with van der Waals surface area (Å²) < 4.78 is 45.9. The third kappa shape index (κ3) is 5.25. The average Bonchev–Trinajstić information content (AvgIpc) is 3.10. The molecule has 3 aromatic rings. The zero-order chi connectivity index (χ0) is 22.6. The van der Waals surface area contributed by atoms with Gasteiger partial charge in [-0.3, -0.25) is 4.79 Å². The lowest BCUT2D eigenvalue weighted by Crippen LogP contribution is -2.31. The molecule has 0 amide bonds. The van der Waals surface area contributed by atoms with E-state index in [9.17, 15) is 17.6 Å². The molecule has 1 aromatic heterocycles. The minimum Gasteiger partial charge on any atom is -0.411 e. The number of nitrogens with zero attached hydrogens (tertiary/aromatic N) is 3. The number of carbonyl (C=O) groups is 1. The third-order valence-corrected chi connectivity index (χ3v) is 7.93. The molecule has 0 spiro atoms. The number of ketones is 1. The highest BCUT2D eigenvalue weighted by Crippen LogP contribution is 2.26. The quantitative estimate of drug-likeness (QED) is 0.369. The van der Waals surface area contributed by atoms with Crippen LogP contribution in [0.4, 0.5) is 4.39 Å². The summed E-state index contributed by atoms with van der Waals surface area (Å²) in [6.07, 6.45) is 3.86. The van der Waals surface area contributed by atoms with Gasteiger partial charge in [-0.25, -0.2) is 12.8 Å². The Hall–Kier alpha value is -2.56. The Morgan fingerprint density at radius 1 is 0.969 bits per heavy atom. The van der Waals surface area contributed by atoms with Crippen LogP contribution in [0.15, 0.2) is 63.1 Å². The molecule has 168 valence electrons. The van der Waals surface area contributed by atoms with Crippen molar-refractivity contribution < 1.29 is 22.0 Å². The van der Waals surface area contributed by atoms with Gasteiger partial charge in [-0.15, -0.1) is 10.2 Å². The lowest BCUT2D eigenvalue weighted by molar-refractivity contribution is 0.102. The summed E-state index contributed by atoms with van der Waals surface area (Å²) in [5.41, 5.74) is 0.990. The molecule has 4 rings (SSSR count). The van der Waals surface area contributed by atoms with E-state index in [1.54, 1.807) is 28.6 Å². The molecule has 0 aliphatic carbocycles. The van der Waals surface area contributed by atoms with Gasteiger partial charge in [0.05, 0.1) is 10.6 Å². The van der Waals surface area contributed by atoms with E-state index in [1.165, 1.54) is 24.3 Å². The molecule has 0 saturated carbocycles. The number of benzene rings is 2. The molecule has 1 aliphatic rings. The fraction of sp³-hybridized carbons (Fsp3) is 0.318. The van der Waals surface area contributed by atoms with Gasteiger partial charge in [-0.2, -0.15) is 4.31 Å². The van der Waals surface area contributed by atoms with Crippen LogP contribution < -0.4 is 0 Å². The zero-order valence-electron chi connectivity index (χ0n) is 17.2. The normalized spacial score (nSPS) is 15.4. The van der Waals surface area contributed by atoms with Crippen LogP contribution in [-0.2, 0) is 10.0 Å². The van der Waals surface area contributed by atoms with E-state index in [4.69, 9.17) is 4.42 Å².